The van der Waals surface area contributed by atoms with Crippen LogP contribution in [0, 0.1) is 10.7 Å². The maximum absolute atomic E-state index is 5.34. The van der Waals surface area contributed by atoms with Crippen LogP contribution in [0.5, 0.6) is 0 Å². The van der Waals surface area contributed by atoms with Crippen molar-refractivity contribution < 1.29 is 0 Å². The molecular weight excluding hydrogens is 232 g/mol. The summed E-state index contributed by atoms with van der Waals surface area (Å²) in [4.78, 5) is 2.42. The third-order valence-electron chi connectivity index (χ3n) is 3.55. The number of hydrogen-bond donors (Lipinski definition) is 1. The Hall–Kier alpha value is -0.840. The van der Waals surface area contributed by atoms with Crippen LogP contribution in [0.1, 0.15) is 45.1 Å². The summed E-state index contributed by atoms with van der Waals surface area (Å²) in [5.74, 6) is 1.96. The normalized spacial score (nSPS) is 19.6. The molecule has 0 saturated heterocycles. The average Bonchev–Trinajstić information content (AvgIpc) is 3.19. The Bertz CT molecular complexity index is 442. The molecule has 0 aromatic carbocycles. The van der Waals surface area contributed by atoms with Gasteiger partial charge in [-0.25, -0.2) is 5.10 Å². The zero-order valence-corrected chi connectivity index (χ0v) is 11.2. The predicted molar refractivity (Wildman–Crippen MR) is 70.9 cm³/mol. The maximum Gasteiger partial charge on any atom is 0.225 e. The smallest absolute Gasteiger partial charge is 0.225 e. The van der Waals surface area contributed by atoms with Gasteiger partial charge in [-0.1, -0.05) is 6.92 Å². The molecule has 4 nitrogen and oxygen atoms in total. The highest BCUT2D eigenvalue weighted by atomic mass is 32.1. The van der Waals surface area contributed by atoms with Crippen molar-refractivity contribution in [3.63, 3.8) is 0 Å². The van der Waals surface area contributed by atoms with Crippen LogP contribution >= 0.6 is 12.2 Å². The first-order valence-electron chi connectivity index (χ1n) is 6.71. The van der Waals surface area contributed by atoms with Crippen LogP contribution in [-0.2, 0) is 0 Å². The minimum absolute atomic E-state index is 0.606. The predicted octanol–water partition coefficient (Wildman–Crippen LogP) is 2.90. The number of aromatic nitrogens is 3. The van der Waals surface area contributed by atoms with E-state index in [9.17, 15) is 0 Å². The van der Waals surface area contributed by atoms with Gasteiger partial charge in [0.1, 0.15) is 0 Å². The number of H-pyrrole nitrogens is 1. The van der Waals surface area contributed by atoms with Gasteiger partial charge in [-0.05, 0) is 50.2 Å². The summed E-state index contributed by atoms with van der Waals surface area (Å²) in [7, 11) is 0. The average molecular weight is 252 g/mol. The summed E-state index contributed by atoms with van der Waals surface area (Å²) in [6.07, 6.45) is 6.44. The first kappa shape index (κ1) is 11.3. The quantitative estimate of drug-likeness (QED) is 0.791. The lowest BCUT2D eigenvalue weighted by atomic mass is 10.3. The summed E-state index contributed by atoms with van der Waals surface area (Å²) in [5.41, 5.74) is 0. The van der Waals surface area contributed by atoms with Crippen LogP contribution in [0.4, 0.5) is 5.95 Å². The minimum Gasteiger partial charge on any atom is -0.341 e. The van der Waals surface area contributed by atoms with Gasteiger partial charge in [-0.2, -0.15) is 0 Å². The number of rotatable bonds is 6. The molecule has 94 valence electrons. The van der Waals surface area contributed by atoms with Crippen molar-refractivity contribution in [2.45, 2.75) is 45.1 Å². The highest BCUT2D eigenvalue weighted by molar-refractivity contribution is 7.71. The molecule has 3 rings (SSSR count). The van der Waals surface area contributed by atoms with E-state index >= 15 is 0 Å². The summed E-state index contributed by atoms with van der Waals surface area (Å²) in [6, 6.07) is 0.606. The zero-order chi connectivity index (χ0) is 11.8. The second kappa shape index (κ2) is 4.44. The Morgan fingerprint density at radius 1 is 1.41 bits per heavy atom. The molecule has 5 heteroatoms. The number of anilines is 1. The summed E-state index contributed by atoms with van der Waals surface area (Å²) in [5, 5.41) is 7.41. The molecule has 1 N–H and O–H groups in total. The molecule has 0 radical (unpaired) electrons. The van der Waals surface area contributed by atoms with E-state index < -0.39 is 0 Å². The van der Waals surface area contributed by atoms with Crippen LogP contribution in [0.25, 0.3) is 0 Å². The Morgan fingerprint density at radius 3 is 2.76 bits per heavy atom. The molecule has 1 aromatic rings. The van der Waals surface area contributed by atoms with Gasteiger partial charge in [0.2, 0.25) is 5.95 Å². The van der Waals surface area contributed by atoms with Crippen molar-refractivity contribution in [1.29, 1.82) is 0 Å². The molecule has 1 heterocycles. The standard InChI is InChI=1S/C12H20N4S/c1-2-7-15(8-9-3-4-9)11-13-14-12(17)16(11)10-5-6-10/h9-10H,2-8H2,1H3,(H,14,17). The largest absolute Gasteiger partial charge is 0.341 e. The zero-order valence-electron chi connectivity index (χ0n) is 10.4. The van der Waals surface area contributed by atoms with Crippen LogP contribution in [0.2, 0.25) is 0 Å². The third-order valence-corrected chi connectivity index (χ3v) is 3.84. The van der Waals surface area contributed by atoms with Gasteiger partial charge in [0.25, 0.3) is 0 Å². The molecule has 17 heavy (non-hydrogen) atoms. The Kier molecular flexibility index (Phi) is 2.94. The van der Waals surface area contributed by atoms with Crippen molar-refractivity contribution in [2.75, 3.05) is 18.0 Å². The van der Waals surface area contributed by atoms with E-state index in [1.807, 2.05) is 0 Å². The fraction of sp³-hybridized carbons (Fsp3) is 0.833. The van der Waals surface area contributed by atoms with E-state index in [1.165, 1.54) is 25.7 Å². The van der Waals surface area contributed by atoms with Gasteiger partial charge in [0.05, 0.1) is 0 Å². The van der Waals surface area contributed by atoms with Crippen LogP contribution in [-0.4, -0.2) is 27.9 Å². The van der Waals surface area contributed by atoms with E-state index in [1.54, 1.807) is 0 Å². The molecule has 0 bridgehead atoms. The van der Waals surface area contributed by atoms with Gasteiger partial charge in [-0.3, -0.25) is 4.57 Å². The van der Waals surface area contributed by atoms with Crippen molar-refractivity contribution in [3.05, 3.63) is 4.77 Å². The highest BCUT2D eigenvalue weighted by Crippen LogP contribution is 2.39. The lowest BCUT2D eigenvalue weighted by Gasteiger charge is -2.23. The molecule has 0 amide bonds. The highest BCUT2D eigenvalue weighted by Gasteiger charge is 2.31. The summed E-state index contributed by atoms with van der Waals surface area (Å²) >= 11 is 5.34. The van der Waals surface area contributed by atoms with E-state index in [4.69, 9.17) is 12.2 Å². The summed E-state index contributed by atoms with van der Waals surface area (Å²) in [6.45, 7) is 4.46. The van der Waals surface area contributed by atoms with E-state index in [-0.39, 0.29) is 0 Å². The minimum atomic E-state index is 0.606. The lowest BCUT2D eigenvalue weighted by molar-refractivity contribution is 0.642. The molecule has 1 aromatic heterocycles. The van der Waals surface area contributed by atoms with Crippen LogP contribution in [0.3, 0.4) is 0 Å². The number of aromatic amines is 1. The fourth-order valence-corrected chi connectivity index (χ4v) is 2.61. The maximum atomic E-state index is 5.34. The lowest BCUT2D eigenvalue weighted by Crippen LogP contribution is -2.29. The van der Waals surface area contributed by atoms with Crippen molar-refractivity contribution in [1.82, 2.24) is 14.8 Å². The van der Waals surface area contributed by atoms with E-state index in [2.05, 4.69) is 26.6 Å². The van der Waals surface area contributed by atoms with Gasteiger partial charge in [0.15, 0.2) is 4.77 Å². The van der Waals surface area contributed by atoms with Crippen LogP contribution in [0.15, 0.2) is 0 Å². The molecule has 2 aliphatic carbocycles. The van der Waals surface area contributed by atoms with Crippen LogP contribution < -0.4 is 4.90 Å². The Morgan fingerprint density at radius 2 is 2.18 bits per heavy atom. The fourth-order valence-electron chi connectivity index (χ4n) is 2.34. The monoisotopic (exact) mass is 252 g/mol. The van der Waals surface area contributed by atoms with E-state index in [0.717, 1.165) is 36.1 Å². The SMILES string of the molecule is CCCN(CC1CC1)c1n[nH]c(=S)n1C1CC1. The van der Waals surface area contributed by atoms with Gasteiger partial charge in [-0.15, -0.1) is 5.10 Å². The van der Waals surface area contributed by atoms with Gasteiger partial charge >= 0.3 is 0 Å². The number of nitrogens with zero attached hydrogens (tertiary/aromatic N) is 3. The van der Waals surface area contributed by atoms with Gasteiger partial charge in [0, 0.05) is 19.1 Å². The molecule has 0 aliphatic heterocycles. The molecular formula is C12H20N4S. The first-order valence-corrected chi connectivity index (χ1v) is 7.12. The van der Waals surface area contributed by atoms with E-state index in [0.29, 0.717) is 6.04 Å². The second-order valence-corrected chi connectivity index (χ2v) is 5.71. The third kappa shape index (κ3) is 2.39. The Balaban J connectivity index is 1.85. The molecule has 2 saturated carbocycles. The summed E-state index contributed by atoms with van der Waals surface area (Å²) < 4.78 is 3.02. The number of nitrogens with one attached hydrogen (secondary N) is 1. The second-order valence-electron chi connectivity index (χ2n) is 5.32. The topological polar surface area (TPSA) is 36.9 Å². The number of hydrogen-bond acceptors (Lipinski definition) is 3. The van der Waals surface area contributed by atoms with Crippen molar-refractivity contribution in [3.8, 4) is 0 Å². The first-order chi connectivity index (χ1) is 8.29. The van der Waals surface area contributed by atoms with Gasteiger partial charge < -0.3 is 4.90 Å². The van der Waals surface area contributed by atoms with Crippen molar-refractivity contribution >= 4 is 18.2 Å². The molecule has 0 spiro atoms. The molecule has 2 fully saturated rings. The van der Waals surface area contributed by atoms with Crippen molar-refractivity contribution in [2.24, 2.45) is 5.92 Å². The molecule has 0 atom stereocenters. The molecule has 0 unspecified atom stereocenters. The Labute approximate surface area is 107 Å². The molecule has 2 aliphatic rings.